The van der Waals surface area contributed by atoms with Crippen molar-refractivity contribution in [3.05, 3.63) is 93.0 Å². The molecule has 3 aliphatic rings. The van der Waals surface area contributed by atoms with E-state index in [0.29, 0.717) is 72.0 Å². The summed E-state index contributed by atoms with van der Waals surface area (Å²) >= 11 is 14.0. The Bertz CT molecular complexity index is 2200. The number of Topliss-reactive ketones (excluding diaryl/α,β-unsaturated/α-hetero) is 1. The average molecular weight is 793 g/mol. The number of aryl methyl sites for hydroxylation is 1. The molecule has 7 rings (SSSR count). The zero-order valence-corrected chi connectivity index (χ0v) is 32.6. The minimum absolute atomic E-state index is 0.0812. The highest BCUT2D eigenvalue weighted by Crippen LogP contribution is 2.45. The first-order valence-corrected chi connectivity index (χ1v) is 20.0. The number of aromatic nitrogens is 1. The predicted molar refractivity (Wildman–Crippen MR) is 214 cm³/mol. The fraction of sp³-hybridized carbons (Fsp3) is 0.386. The molecule has 2 N–H and O–H groups in total. The predicted octanol–water partition coefficient (Wildman–Crippen LogP) is 8.65. The molecule has 1 aliphatic heterocycles. The lowest BCUT2D eigenvalue weighted by molar-refractivity contribution is -0.119. The fourth-order valence-corrected chi connectivity index (χ4v) is 8.65. The molecule has 12 heteroatoms. The van der Waals surface area contributed by atoms with Gasteiger partial charge >= 0.3 is 0 Å². The number of pyridine rings is 1. The number of fused-ring (bicyclic) bond motifs is 1. The number of hydrogen-bond acceptors (Lipinski definition) is 9. The number of ether oxygens (including phenoxy) is 3. The number of hydrogen-bond donors (Lipinski definition) is 2. The second kappa shape index (κ2) is 18.2. The van der Waals surface area contributed by atoms with Crippen molar-refractivity contribution in [1.29, 1.82) is 10.5 Å². The van der Waals surface area contributed by atoms with Gasteiger partial charge in [-0.15, -0.1) is 0 Å². The Labute approximate surface area is 337 Å². The van der Waals surface area contributed by atoms with Crippen LogP contribution in [0.15, 0.2) is 60.7 Å². The third-order valence-corrected chi connectivity index (χ3v) is 11.5. The van der Waals surface area contributed by atoms with Crippen LogP contribution in [0.2, 0.25) is 10.0 Å². The number of nitriles is 2. The molecule has 1 saturated heterocycles. The monoisotopic (exact) mass is 791 g/mol. The highest BCUT2D eigenvalue weighted by molar-refractivity contribution is 6.36. The molecule has 2 heterocycles. The molecule has 2 aliphatic carbocycles. The van der Waals surface area contributed by atoms with Crippen LogP contribution in [-0.2, 0) is 29.0 Å². The van der Waals surface area contributed by atoms with E-state index in [0.717, 1.165) is 83.2 Å². The summed E-state index contributed by atoms with van der Waals surface area (Å²) in [6.45, 7) is 1.07. The van der Waals surface area contributed by atoms with Gasteiger partial charge in [0, 0.05) is 54.1 Å². The van der Waals surface area contributed by atoms with Crippen molar-refractivity contribution in [2.24, 2.45) is 5.92 Å². The molecular formula is C44H43Cl2N5O5. The molecule has 1 aromatic heterocycles. The van der Waals surface area contributed by atoms with Gasteiger partial charge < -0.3 is 24.8 Å². The summed E-state index contributed by atoms with van der Waals surface area (Å²) in [5.41, 5.74) is 7.49. The maximum absolute atomic E-state index is 11.7. The van der Waals surface area contributed by atoms with E-state index in [1.807, 2.05) is 48.5 Å². The van der Waals surface area contributed by atoms with Crippen molar-refractivity contribution in [3.8, 4) is 51.9 Å². The maximum Gasteiger partial charge on any atom is 0.236 e. The lowest BCUT2D eigenvalue weighted by atomic mass is 9.93. The molecule has 4 aromatic rings. The highest BCUT2D eigenvalue weighted by Gasteiger charge is 2.29. The van der Waals surface area contributed by atoms with Crippen LogP contribution in [0, 0.1) is 28.6 Å². The Morgan fingerprint density at radius 1 is 0.857 bits per heavy atom. The number of benzene rings is 3. The first-order chi connectivity index (χ1) is 27.3. The molecule has 288 valence electrons. The van der Waals surface area contributed by atoms with E-state index >= 15 is 0 Å². The van der Waals surface area contributed by atoms with E-state index in [2.05, 4.69) is 33.8 Å². The smallest absolute Gasteiger partial charge is 0.236 e. The van der Waals surface area contributed by atoms with Gasteiger partial charge in [-0.3, -0.25) is 9.59 Å². The molecule has 10 nitrogen and oxygen atoms in total. The van der Waals surface area contributed by atoms with Gasteiger partial charge in [-0.1, -0.05) is 71.7 Å². The lowest BCUT2D eigenvalue weighted by Gasteiger charge is -2.19. The number of carbonyl (C=O) groups excluding carboxylic acids is 2. The zero-order chi connectivity index (χ0) is 39.0. The molecule has 0 bridgehead atoms. The summed E-state index contributed by atoms with van der Waals surface area (Å²) < 4.78 is 18.1. The molecule has 0 unspecified atom stereocenters. The van der Waals surface area contributed by atoms with E-state index in [1.54, 1.807) is 6.07 Å². The van der Waals surface area contributed by atoms with Gasteiger partial charge in [0.15, 0.2) is 13.2 Å². The standard InChI is InChI=1S/C44H43Cl2N5O5/c45-38-23-29(4-1-5-31-13-17-41(53)50-31)43(55-21-19-48)51-44(38)56-39-16-15-35-34(7-3-8-36(35)39)37-9-2-6-33(42(37)46)28-11-12-30(40(24-28)54-20-18-47)26-49-25-27-10-14-32(52)22-27/h2-3,6-9,11-12,23-24,27,31,39,49H,1,4-5,10,13-17,20-22,25-26H2,(H,50,53)/t27-,31-,39+/m1/s1. The number of rotatable bonds is 16. The van der Waals surface area contributed by atoms with Crippen molar-refractivity contribution in [3.63, 3.8) is 0 Å². The van der Waals surface area contributed by atoms with E-state index < -0.39 is 0 Å². The summed E-state index contributed by atoms with van der Waals surface area (Å²) in [6, 6.07) is 24.1. The number of ketones is 1. The van der Waals surface area contributed by atoms with Crippen molar-refractivity contribution in [2.75, 3.05) is 19.8 Å². The SMILES string of the molecule is N#CCOc1cc(-c2cccc(-c3cccc4c3CC[C@@H]4Oc3nc(OCC#N)c(CCC[C@@H]4CCC(=O)N4)cc3Cl)c2Cl)ccc1CNC[C@@H]1CCC(=O)C1. The van der Waals surface area contributed by atoms with E-state index in [-0.39, 0.29) is 37.1 Å². The van der Waals surface area contributed by atoms with Crippen LogP contribution in [0.3, 0.4) is 0 Å². The van der Waals surface area contributed by atoms with Gasteiger partial charge in [0.25, 0.3) is 0 Å². The van der Waals surface area contributed by atoms with Crippen LogP contribution < -0.4 is 24.8 Å². The molecule has 56 heavy (non-hydrogen) atoms. The molecule has 0 radical (unpaired) electrons. The molecule has 2 fully saturated rings. The normalized spacial score (nSPS) is 18.6. The Morgan fingerprint density at radius 3 is 2.45 bits per heavy atom. The van der Waals surface area contributed by atoms with E-state index in [1.165, 1.54) is 0 Å². The topological polar surface area (TPSA) is 146 Å². The highest BCUT2D eigenvalue weighted by atomic mass is 35.5. The quantitative estimate of drug-likeness (QED) is 0.114. The summed E-state index contributed by atoms with van der Waals surface area (Å²) in [6.07, 6.45) is 7.02. The summed E-state index contributed by atoms with van der Waals surface area (Å²) in [4.78, 5) is 28.0. The lowest BCUT2D eigenvalue weighted by Crippen LogP contribution is -2.25. The molecule has 3 atom stereocenters. The third kappa shape index (κ3) is 9.11. The number of amides is 1. The largest absolute Gasteiger partial charge is 0.478 e. The number of halogens is 2. The van der Waals surface area contributed by atoms with Crippen molar-refractivity contribution in [2.45, 2.75) is 82.9 Å². The van der Waals surface area contributed by atoms with Crippen LogP contribution in [0.1, 0.15) is 79.7 Å². The summed E-state index contributed by atoms with van der Waals surface area (Å²) in [5.74, 6) is 1.96. The van der Waals surface area contributed by atoms with Crippen LogP contribution in [0.4, 0.5) is 0 Å². The van der Waals surface area contributed by atoms with Crippen LogP contribution in [-0.4, -0.2) is 42.5 Å². The Kier molecular flexibility index (Phi) is 12.7. The minimum atomic E-state index is -0.312. The first-order valence-electron chi connectivity index (χ1n) is 19.2. The Morgan fingerprint density at radius 2 is 1.66 bits per heavy atom. The van der Waals surface area contributed by atoms with Gasteiger partial charge in [0.1, 0.15) is 34.8 Å². The van der Waals surface area contributed by atoms with Crippen molar-refractivity contribution in [1.82, 2.24) is 15.6 Å². The van der Waals surface area contributed by atoms with Gasteiger partial charge in [-0.2, -0.15) is 15.5 Å². The van der Waals surface area contributed by atoms with Crippen LogP contribution >= 0.6 is 23.2 Å². The molecule has 3 aromatic carbocycles. The number of nitrogens with zero attached hydrogens (tertiary/aromatic N) is 3. The van der Waals surface area contributed by atoms with E-state index in [4.69, 9.17) is 37.4 Å². The maximum atomic E-state index is 11.7. The van der Waals surface area contributed by atoms with Gasteiger partial charge in [-0.05, 0) is 91.8 Å². The van der Waals surface area contributed by atoms with Gasteiger partial charge in [-0.25, -0.2) is 0 Å². The average Bonchev–Trinajstić information content (AvgIpc) is 3.94. The second-order valence-electron chi connectivity index (χ2n) is 14.6. The van der Waals surface area contributed by atoms with Crippen LogP contribution in [0.5, 0.6) is 17.5 Å². The first kappa shape index (κ1) is 39.1. The molecule has 0 spiro atoms. The summed E-state index contributed by atoms with van der Waals surface area (Å²) in [5, 5.41) is 25.9. The second-order valence-corrected chi connectivity index (χ2v) is 15.4. The zero-order valence-electron chi connectivity index (χ0n) is 31.0. The van der Waals surface area contributed by atoms with Crippen molar-refractivity contribution >= 4 is 34.9 Å². The fourth-order valence-electron chi connectivity index (χ4n) is 8.09. The van der Waals surface area contributed by atoms with Gasteiger partial charge in [0.05, 0.1) is 5.02 Å². The molecular weight excluding hydrogens is 749 g/mol. The minimum Gasteiger partial charge on any atom is -0.478 e. The summed E-state index contributed by atoms with van der Waals surface area (Å²) in [7, 11) is 0. The van der Waals surface area contributed by atoms with Crippen LogP contribution in [0.25, 0.3) is 22.3 Å². The molecule has 1 saturated carbocycles. The molecule has 1 amide bonds. The third-order valence-electron chi connectivity index (χ3n) is 10.9. The number of carbonyl (C=O) groups is 2. The number of nitrogens with one attached hydrogen (secondary N) is 2. The Balaban J connectivity index is 1.09. The van der Waals surface area contributed by atoms with Gasteiger partial charge in [0.2, 0.25) is 17.7 Å². The van der Waals surface area contributed by atoms with Crippen molar-refractivity contribution < 1.29 is 23.8 Å². The van der Waals surface area contributed by atoms with E-state index in [9.17, 15) is 20.1 Å². The Hall–Kier alpha value is -5.13.